The number of anilines is 1. The summed E-state index contributed by atoms with van der Waals surface area (Å²) in [5.41, 5.74) is 6.06. The highest BCUT2D eigenvalue weighted by Gasteiger charge is 2.15. The van der Waals surface area contributed by atoms with Crippen LogP contribution in [0.3, 0.4) is 0 Å². The molecular weight excluding hydrogens is 438 g/mol. The summed E-state index contributed by atoms with van der Waals surface area (Å²) in [6.07, 6.45) is 3.31. The van der Waals surface area contributed by atoms with Gasteiger partial charge in [-0.1, -0.05) is 84.9 Å². The summed E-state index contributed by atoms with van der Waals surface area (Å²) in [5.74, 6) is -1.67. The van der Waals surface area contributed by atoms with Gasteiger partial charge in [-0.05, 0) is 23.6 Å². The second kappa shape index (κ2) is 9.84. The summed E-state index contributed by atoms with van der Waals surface area (Å²) in [6, 6.07) is 32.5. The van der Waals surface area contributed by atoms with Crippen LogP contribution in [0, 0.1) is 0 Å². The number of carbonyl (C=O) groups excluding carboxylic acids is 2. The molecule has 1 heterocycles. The smallest absolute Gasteiger partial charge is 0.317 e. The summed E-state index contributed by atoms with van der Waals surface area (Å²) in [7, 11) is 0. The third kappa shape index (κ3) is 4.84. The Balaban J connectivity index is 1.34. The number of benzene rings is 4. The van der Waals surface area contributed by atoms with E-state index in [-0.39, 0.29) is 0 Å². The van der Waals surface area contributed by atoms with E-state index in [0.29, 0.717) is 16.9 Å². The zero-order chi connectivity index (χ0) is 24.0. The lowest BCUT2D eigenvalue weighted by atomic mass is 10.1. The van der Waals surface area contributed by atoms with Gasteiger partial charge in [0.05, 0.1) is 11.9 Å². The van der Waals surface area contributed by atoms with Crippen LogP contribution in [0.1, 0.15) is 5.56 Å². The molecule has 2 amide bonds. The van der Waals surface area contributed by atoms with Gasteiger partial charge in [-0.2, -0.15) is 10.2 Å². The van der Waals surface area contributed by atoms with Gasteiger partial charge < -0.3 is 5.32 Å². The van der Waals surface area contributed by atoms with E-state index in [1.54, 1.807) is 10.7 Å². The summed E-state index contributed by atoms with van der Waals surface area (Å²) < 4.78 is 1.75. The molecule has 0 saturated carbocycles. The van der Waals surface area contributed by atoms with Crippen LogP contribution in [0.5, 0.6) is 0 Å². The van der Waals surface area contributed by atoms with Crippen molar-refractivity contribution in [3.63, 3.8) is 0 Å². The molecule has 7 heteroatoms. The van der Waals surface area contributed by atoms with E-state index in [0.717, 1.165) is 22.0 Å². The van der Waals surface area contributed by atoms with Crippen molar-refractivity contribution in [3.8, 4) is 16.9 Å². The van der Waals surface area contributed by atoms with Crippen LogP contribution in [0.25, 0.3) is 27.7 Å². The molecule has 4 aromatic carbocycles. The number of amides is 2. The highest BCUT2D eigenvalue weighted by molar-refractivity contribution is 6.40. The van der Waals surface area contributed by atoms with E-state index in [4.69, 9.17) is 5.10 Å². The van der Waals surface area contributed by atoms with E-state index >= 15 is 0 Å². The first-order valence-electron chi connectivity index (χ1n) is 11.0. The van der Waals surface area contributed by atoms with E-state index in [9.17, 15) is 9.59 Å². The molecule has 5 rings (SSSR count). The predicted octanol–water partition coefficient (Wildman–Crippen LogP) is 4.78. The SMILES string of the molecule is O=C(N/N=C/c1cn(-c2ccccc2)nc1-c1ccccc1)C(=O)Nc1cccc2ccccc12. The molecule has 0 atom stereocenters. The highest BCUT2D eigenvalue weighted by Crippen LogP contribution is 2.23. The predicted molar refractivity (Wildman–Crippen MR) is 137 cm³/mol. The lowest BCUT2D eigenvalue weighted by Crippen LogP contribution is -2.32. The molecule has 0 aliphatic rings. The fourth-order valence-corrected chi connectivity index (χ4v) is 3.74. The lowest BCUT2D eigenvalue weighted by molar-refractivity contribution is -0.136. The Morgan fingerprint density at radius 3 is 2.26 bits per heavy atom. The molecule has 0 aliphatic heterocycles. The van der Waals surface area contributed by atoms with Gasteiger partial charge in [0.15, 0.2) is 0 Å². The highest BCUT2D eigenvalue weighted by atomic mass is 16.2. The van der Waals surface area contributed by atoms with Gasteiger partial charge in [-0.15, -0.1) is 0 Å². The number of nitrogens with zero attached hydrogens (tertiary/aromatic N) is 3. The zero-order valence-electron chi connectivity index (χ0n) is 18.6. The number of hydrogen-bond donors (Lipinski definition) is 2. The number of hydrogen-bond acceptors (Lipinski definition) is 4. The van der Waals surface area contributed by atoms with Gasteiger partial charge in [0.25, 0.3) is 0 Å². The van der Waals surface area contributed by atoms with E-state index in [1.165, 1.54) is 6.21 Å². The number of nitrogens with one attached hydrogen (secondary N) is 2. The minimum absolute atomic E-state index is 0.558. The van der Waals surface area contributed by atoms with Crippen molar-refractivity contribution >= 4 is 34.5 Å². The molecule has 5 aromatic rings. The Hall–Kier alpha value is -5.04. The van der Waals surface area contributed by atoms with Crippen LogP contribution < -0.4 is 10.7 Å². The molecule has 0 saturated heterocycles. The third-order valence-corrected chi connectivity index (χ3v) is 5.42. The summed E-state index contributed by atoms with van der Waals surface area (Å²) in [6.45, 7) is 0. The standard InChI is InChI=1S/C28H21N5O2/c34-27(30-25-17-9-13-20-10-7-8-16-24(20)25)28(35)31-29-18-22-19-33(23-14-5-2-6-15-23)32-26(22)21-11-3-1-4-12-21/h1-19H,(H,30,34)(H,31,35)/b29-18+. The van der Waals surface area contributed by atoms with Crippen LogP contribution in [0.4, 0.5) is 5.69 Å². The van der Waals surface area contributed by atoms with Crippen LogP contribution >= 0.6 is 0 Å². The van der Waals surface area contributed by atoms with Crippen LogP contribution in [0.2, 0.25) is 0 Å². The third-order valence-electron chi connectivity index (χ3n) is 5.42. The molecule has 7 nitrogen and oxygen atoms in total. The maximum absolute atomic E-state index is 12.5. The molecule has 35 heavy (non-hydrogen) atoms. The minimum atomic E-state index is -0.870. The Bertz CT molecular complexity index is 1520. The van der Waals surface area contributed by atoms with E-state index < -0.39 is 11.8 Å². The Kier molecular flexibility index (Phi) is 6.13. The van der Waals surface area contributed by atoms with Crippen molar-refractivity contribution in [1.29, 1.82) is 0 Å². The number of fused-ring (bicyclic) bond motifs is 1. The van der Waals surface area contributed by atoms with Gasteiger partial charge in [0, 0.05) is 28.4 Å². The number of hydrazone groups is 1. The van der Waals surface area contributed by atoms with Crippen molar-refractivity contribution in [2.45, 2.75) is 0 Å². The molecule has 0 spiro atoms. The Morgan fingerprint density at radius 1 is 0.771 bits per heavy atom. The summed E-state index contributed by atoms with van der Waals surface area (Å²) >= 11 is 0. The van der Waals surface area contributed by atoms with Crippen LogP contribution in [-0.2, 0) is 9.59 Å². The first-order valence-corrected chi connectivity index (χ1v) is 11.0. The molecule has 0 bridgehead atoms. The minimum Gasteiger partial charge on any atom is -0.317 e. The first-order chi connectivity index (χ1) is 17.2. The summed E-state index contributed by atoms with van der Waals surface area (Å²) in [5, 5.41) is 13.2. The Morgan fingerprint density at radius 2 is 1.46 bits per heavy atom. The maximum Gasteiger partial charge on any atom is 0.329 e. The second-order valence-corrected chi connectivity index (χ2v) is 7.76. The molecule has 2 N–H and O–H groups in total. The number of carbonyl (C=O) groups is 2. The van der Waals surface area contributed by atoms with Gasteiger partial charge in [0.2, 0.25) is 0 Å². The maximum atomic E-state index is 12.5. The van der Waals surface area contributed by atoms with Crippen molar-refractivity contribution < 1.29 is 9.59 Å². The van der Waals surface area contributed by atoms with Crippen molar-refractivity contribution in [2.75, 3.05) is 5.32 Å². The topological polar surface area (TPSA) is 88.4 Å². The zero-order valence-corrected chi connectivity index (χ0v) is 18.6. The molecule has 0 fully saturated rings. The average Bonchev–Trinajstić information content (AvgIpc) is 3.34. The van der Waals surface area contributed by atoms with Gasteiger partial charge in [-0.25, -0.2) is 10.1 Å². The monoisotopic (exact) mass is 459 g/mol. The van der Waals surface area contributed by atoms with E-state index in [2.05, 4.69) is 15.8 Å². The molecule has 0 aliphatic carbocycles. The quantitative estimate of drug-likeness (QED) is 0.225. The van der Waals surface area contributed by atoms with Crippen molar-refractivity contribution in [1.82, 2.24) is 15.2 Å². The largest absolute Gasteiger partial charge is 0.329 e. The molecule has 0 radical (unpaired) electrons. The van der Waals surface area contributed by atoms with Gasteiger partial charge in [0.1, 0.15) is 5.69 Å². The van der Waals surface area contributed by atoms with Crippen LogP contribution in [0.15, 0.2) is 114 Å². The van der Waals surface area contributed by atoms with Gasteiger partial charge in [-0.3, -0.25) is 9.59 Å². The molecule has 170 valence electrons. The summed E-state index contributed by atoms with van der Waals surface area (Å²) in [4.78, 5) is 24.9. The Labute approximate surface area is 201 Å². The van der Waals surface area contributed by atoms with Crippen molar-refractivity contribution in [3.05, 3.63) is 115 Å². The number of rotatable bonds is 5. The number of para-hydroxylation sites is 1. The van der Waals surface area contributed by atoms with Gasteiger partial charge >= 0.3 is 11.8 Å². The normalized spacial score (nSPS) is 11.0. The van der Waals surface area contributed by atoms with Crippen molar-refractivity contribution in [2.24, 2.45) is 5.10 Å². The molecule has 1 aromatic heterocycles. The lowest BCUT2D eigenvalue weighted by Gasteiger charge is -2.07. The first kappa shape index (κ1) is 21.8. The van der Waals surface area contributed by atoms with Crippen LogP contribution in [-0.4, -0.2) is 27.8 Å². The molecule has 0 unspecified atom stereocenters. The average molecular weight is 460 g/mol. The van der Waals surface area contributed by atoms with E-state index in [1.807, 2.05) is 103 Å². The fourth-order valence-electron chi connectivity index (χ4n) is 3.74. The molecular formula is C28H21N5O2. The second-order valence-electron chi connectivity index (χ2n) is 7.76. The number of aromatic nitrogens is 2. The fraction of sp³-hybridized carbons (Fsp3) is 0.